The zero-order chi connectivity index (χ0) is 24.8. The number of aryl methyl sites for hydroxylation is 1. The predicted octanol–water partition coefficient (Wildman–Crippen LogP) is 4.90. The summed E-state index contributed by atoms with van der Waals surface area (Å²) in [6, 6.07) is 10.2. The summed E-state index contributed by atoms with van der Waals surface area (Å²) < 4.78 is 0. The maximum Gasteiger partial charge on any atom is 0.329 e. The third-order valence-electron chi connectivity index (χ3n) is 6.71. The molecule has 1 fully saturated rings. The molecule has 2 aliphatic rings. The minimum absolute atomic E-state index is 0.0569. The SMILES string of the molecule is Cc1cc2c(cc1/C=C1/NC(=O)N(CC(=O)Nc3ccc(Cl)cc3)C1=O)C(C)CC(C)(C)N2C. The average molecular weight is 481 g/mol. The third-order valence-corrected chi connectivity index (χ3v) is 6.97. The number of nitrogens with zero attached hydrogens (tertiary/aromatic N) is 2. The minimum Gasteiger partial charge on any atom is -0.369 e. The Balaban J connectivity index is 1.54. The van der Waals surface area contributed by atoms with Crippen LogP contribution in [0.3, 0.4) is 0 Å². The van der Waals surface area contributed by atoms with E-state index in [1.165, 1.54) is 11.3 Å². The number of hydrogen-bond acceptors (Lipinski definition) is 4. The van der Waals surface area contributed by atoms with Gasteiger partial charge in [-0.1, -0.05) is 18.5 Å². The highest BCUT2D eigenvalue weighted by Gasteiger charge is 2.36. The molecule has 2 aromatic rings. The van der Waals surface area contributed by atoms with Crippen LogP contribution in [0, 0.1) is 6.92 Å². The van der Waals surface area contributed by atoms with Crippen molar-refractivity contribution >= 4 is 46.9 Å². The van der Waals surface area contributed by atoms with Gasteiger partial charge in [-0.05, 0) is 92.3 Å². The molecule has 0 aliphatic carbocycles. The van der Waals surface area contributed by atoms with E-state index >= 15 is 0 Å². The average Bonchev–Trinajstić information content (AvgIpc) is 3.02. The van der Waals surface area contributed by atoms with Crippen molar-refractivity contribution in [1.82, 2.24) is 10.2 Å². The number of anilines is 2. The quantitative estimate of drug-likeness (QED) is 0.481. The van der Waals surface area contributed by atoms with Crippen molar-refractivity contribution in [2.45, 2.75) is 45.6 Å². The summed E-state index contributed by atoms with van der Waals surface area (Å²) in [6.45, 7) is 8.30. The Morgan fingerprint density at radius 1 is 1.24 bits per heavy atom. The largest absolute Gasteiger partial charge is 0.369 e. The monoisotopic (exact) mass is 480 g/mol. The number of fused-ring (bicyclic) bond motifs is 1. The molecule has 0 saturated carbocycles. The van der Waals surface area contributed by atoms with Crippen LogP contribution in [0.4, 0.5) is 16.2 Å². The first-order valence-electron chi connectivity index (χ1n) is 11.2. The second-order valence-electron chi connectivity index (χ2n) is 9.68. The van der Waals surface area contributed by atoms with Crippen LogP contribution in [0.1, 0.15) is 49.8 Å². The van der Waals surface area contributed by atoms with E-state index in [1.807, 2.05) is 6.92 Å². The summed E-state index contributed by atoms with van der Waals surface area (Å²) in [7, 11) is 2.11. The van der Waals surface area contributed by atoms with E-state index in [0.29, 0.717) is 16.6 Å². The topological polar surface area (TPSA) is 81.8 Å². The van der Waals surface area contributed by atoms with Crippen LogP contribution < -0.4 is 15.5 Å². The molecule has 1 saturated heterocycles. The summed E-state index contributed by atoms with van der Waals surface area (Å²) in [5.74, 6) is -0.642. The third kappa shape index (κ3) is 4.53. The van der Waals surface area contributed by atoms with Gasteiger partial charge in [0.15, 0.2) is 0 Å². The van der Waals surface area contributed by atoms with Gasteiger partial charge in [0.05, 0.1) is 0 Å². The van der Waals surface area contributed by atoms with Gasteiger partial charge in [0, 0.05) is 29.0 Å². The Hall–Kier alpha value is -3.32. The lowest BCUT2D eigenvalue weighted by molar-refractivity contribution is -0.127. The van der Waals surface area contributed by atoms with Crippen molar-refractivity contribution in [3.8, 4) is 0 Å². The lowest BCUT2D eigenvalue weighted by Gasteiger charge is -2.45. The highest BCUT2D eigenvalue weighted by molar-refractivity contribution is 6.30. The van der Waals surface area contributed by atoms with E-state index in [2.05, 4.69) is 55.5 Å². The van der Waals surface area contributed by atoms with E-state index in [0.717, 1.165) is 22.4 Å². The Bertz CT molecular complexity index is 1200. The zero-order valence-corrected chi connectivity index (χ0v) is 20.8. The van der Waals surface area contributed by atoms with E-state index in [9.17, 15) is 14.4 Å². The molecular formula is C26H29ClN4O3. The van der Waals surface area contributed by atoms with Crippen molar-refractivity contribution in [2.24, 2.45) is 0 Å². The fraction of sp³-hybridized carbons (Fsp3) is 0.346. The molecule has 8 heteroatoms. The summed E-state index contributed by atoms with van der Waals surface area (Å²) >= 11 is 5.86. The molecule has 0 radical (unpaired) electrons. The molecule has 2 aromatic carbocycles. The predicted molar refractivity (Wildman–Crippen MR) is 135 cm³/mol. The van der Waals surface area contributed by atoms with Gasteiger partial charge in [-0.15, -0.1) is 0 Å². The molecule has 0 spiro atoms. The van der Waals surface area contributed by atoms with Crippen molar-refractivity contribution < 1.29 is 14.4 Å². The number of nitrogens with one attached hydrogen (secondary N) is 2. The van der Waals surface area contributed by atoms with Gasteiger partial charge >= 0.3 is 6.03 Å². The van der Waals surface area contributed by atoms with Crippen LogP contribution in [0.25, 0.3) is 6.08 Å². The normalized spacial score (nSPS) is 20.4. The molecule has 4 amide bonds. The number of hydrogen-bond donors (Lipinski definition) is 2. The summed E-state index contributed by atoms with van der Waals surface area (Å²) in [6.07, 6.45) is 2.71. The first-order valence-corrected chi connectivity index (χ1v) is 11.6. The molecule has 178 valence electrons. The summed E-state index contributed by atoms with van der Waals surface area (Å²) in [5, 5.41) is 5.82. The zero-order valence-electron chi connectivity index (χ0n) is 20.0. The van der Waals surface area contributed by atoms with Crippen molar-refractivity contribution in [2.75, 3.05) is 23.8 Å². The fourth-order valence-corrected chi connectivity index (χ4v) is 4.76. The highest BCUT2D eigenvalue weighted by atomic mass is 35.5. The number of rotatable bonds is 4. The van der Waals surface area contributed by atoms with Gasteiger partial charge in [0.1, 0.15) is 12.2 Å². The van der Waals surface area contributed by atoms with Crippen LogP contribution in [-0.4, -0.2) is 41.9 Å². The summed E-state index contributed by atoms with van der Waals surface area (Å²) in [5.41, 5.74) is 5.02. The number of benzene rings is 2. The van der Waals surface area contributed by atoms with Crippen LogP contribution in [0.2, 0.25) is 5.02 Å². The van der Waals surface area contributed by atoms with Crippen LogP contribution >= 0.6 is 11.6 Å². The van der Waals surface area contributed by atoms with E-state index in [4.69, 9.17) is 11.6 Å². The number of carbonyl (C=O) groups excluding carboxylic acids is 3. The number of urea groups is 1. The molecule has 34 heavy (non-hydrogen) atoms. The van der Waals surface area contributed by atoms with Crippen LogP contribution in [0.15, 0.2) is 42.1 Å². The maximum absolute atomic E-state index is 12.9. The first-order chi connectivity index (χ1) is 16.0. The lowest BCUT2D eigenvalue weighted by Crippen LogP contribution is -2.45. The number of carbonyl (C=O) groups is 3. The van der Waals surface area contributed by atoms with E-state index < -0.39 is 17.8 Å². The van der Waals surface area contributed by atoms with Crippen LogP contribution in [0.5, 0.6) is 0 Å². The molecule has 0 aromatic heterocycles. The Kier molecular flexibility index (Phi) is 6.16. The van der Waals surface area contributed by atoms with Crippen molar-refractivity contribution in [1.29, 1.82) is 0 Å². The van der Waals surface area contributed by atoms with E-state index in [-0.39, 0.29) is 17.8 Å². The van der Waals surface area contributed by atoms with Gasteiger partial charge in [-0.25, -0.2) is 9.69 Å². The fourth-order valence-electron chi connectivity index (χ4n) is 4.64. The van der Waals surface area contributed by atoms with Gasteiger partial charge in [0.2, 0.25) is 5.91 Å². The van der Waals surface area contributed by atoms with Gasteiger partial charge in [-0.3, -0.25) is 9.59 Å². The van der Waals surface area contributed by atoms with Crippen molar-refractivity contribution in [3.63, 3.8) is 0 Å². The van der Waals surface area contributed by atoms with Crippen LogP contribution in [-0.2, 0) is 9.59 Å². The minimum atomic E-state index is -0.618. The van der Waals surface area contributed by atoms with Gasteiger partial charge in [-0.2, -0.15) is 0 Å². The van der Waals surface area contributed by atoms with Gasteiger partial charge < -0.3 is 15.5 Å². The molecule has 7 nitrogen and oxygen atoms in total. The molecule has 2 N–H and O–H groups in total. The summed E-state index contributed by atoms with van der Waals surface area (Å²) in [4.78, 5) is 41.0. The highest BCUT2D eigenvalue weighted by Crippen LogP contribution is 2.43. The van der Waals surface area contributed by atoms with E-state index in [1.54, 1.807) is 30.3 Å². The number of amides is 4. The first kappa shape index (κ1) is 23.8. The molecule has 0 bridgehead atoms. The standard InChI is InChI=1S/C26H29ClN4O3/c1-15-10-22-20(16(2)13-26(3,4)30(22)5)11-17(15)12-21-24(33)31(25(34)29-21)14-23(32)28-19-8-6-18(27)7-9-19/h6-12,16H,13-14H2,1-5H3,(H,28,32)(H,29,34)/b21-12+. The molecule has 2 aliphatic heterocycles. The Morgan fingerprint density at radius 3 is 2.59 bits per heavy atom. The molecular weight excluding hydrogens is 452 g/mol. The number of halogens is 1. The Morgan fingerprint density at radius 2 is 1.91 bits per heavy atom. The maximum atomic E-state index is 12.9. The van der Waals surface area contributed by atoms with Gasteiger partial charge in [0.25, 0.3) is 5.91 Å². The molecule has 1 unspecified atom stereocenters. The number of imide groups is 1. The lowest BCUT2D eigenvalue weighted by atomic mass is 9.79. The Labute approximate surface area is 204 Å². The van der Waals surface area contributed by atoms with Crippen molar-refractivity contribution in [3.05, 3.63) is 63.8 Å². The molecule has 4 rings (SSSR count). The molecule has 1 atom stereocenters. The molecule has 2 heterocycles. The smallest absolute Gasteiger partial charge is 0.329 e. The second kappa shape index (κ2) is 8.80. The second-order valence-corrected chi connectivity index (χ2v) is 10.1.